The molecule has 0 aromatic rings. The van der Waals surface area contributed by atoms with Crippen LogP contribution in [0.5, 0.6) is 0 Å². The van der Waals surface area contributed by atoms with Gasteiger partial charge in [-0.2, -0.15) is 5.26 Å². The summed E-state index contributed by atoms with van der Waals surface area (Å²) in [5.41, 5.74) is -0.151. The van der Waals surface area contributed by atoms with Gasteiger partial charge < -0.3 is 20.1 Å². The highest BCUT2D eigenvalue weighted by atomic mass is 16.5. The lowest BCUT2D eigenvalue weighted by Crippen LogP contribution is -2.45. The van der Waals surface area contributed by atoms with Crippen LogP contribution in [-0.2, 0) is 19.1 Å². The van der Waals surface area contributed by atoms with E-state index in [0.717, 1.165) is 0 Å². The molecule has 0 bridgehead atoms. The van der Waals surface area contributed by atoms with E-state index in [0.29, 0.717) is 32.5 Å². The first-order valence-electron chi connectivity index (χ1n) is 8.36. The standard InChI is InChI=1S/C17H25N3O5/c1-4-25-17(24)12-5-7-20(8-6-12)10-13(9-18)15(21)19-14(11(2)3)16(22)23/h10-12,14H,4-8H2,1-3H3,(H,19,21)(H,22,23)/b13-10-. The van der Waals surface area contributed by atoms with Crippen LogP contribution in [0.2, 0.25) is 0 Å². The van der Waals surface area contributed by atoms with Gasteiger partial charge in [-0.05, 0) is 25.7 Å². The molecule has 1 heterocycles. The molecule has 1 saturated heterocycles. The summed E-state index contributed by atoms with van der Waals surface area (Å²) >= 11 is 0. The number of hydrogen-bond donors (Lipinski definition) is 2. The number of likely N-dealkylation sites (tertiary alicyclic amines) is 1. The first-order chi connectivity index (χ1) is 11.8. The predicted molar refractivity (Wildman–Crippen MR) is 89.0 cm³/mol. The number of aliphatic carboxylic acids is 1. The number of hydrogen-bond acceptors (Lipinski definition) is 6. The molecule has 0 radical (unpaired) electrons. The highest BCUT2D eigenvalue weighted by Gasteiger charge is 2.27. The number of nitriles is 1. The fourth-order valence-electron chi connectivity index (χ4n) is 2.58. The third-order valence-electron chi connectivity index (χ3n) is 4.05. The van der Waals surface area contributed by atoms with Crippen LogP contribution in [0.15, 0.2) is 11.8 Å². The summed E-state index contributed by atoms with van der Waals surface area (Å²) in [5, 5.41) is 20.7. The van der Waals surface area contributed by atoms with Crippen molar-refractivity contribution in [1.29, 1.82) is 5.26 Å². The molecule has 1 atom stereocenters. The summed E-state index contributed by atoms with van der Waals surface area (Å²) in [7, 11) is 0. The second kappa shape index (κ2) is 9.67. The first kappa shape index (κ1) is 20.5. The molecule has 25 heavy (non-hydrogen) atoms. The van der Waals surface area contributed by atoms with E-state index in [1.807, 2.05) is 6.07 Å². The van der Waals surface area contributed by atoms with Crippen LogP contribution in [0, 0.1) is 23.2 Å². The summed E-state index contributed by atoms with van der Waals surface area (Å²) in [5.74, 6) is -2.54. The number of carboxylic acid groups (broad SMARTS) is 1. The maximum atomic E-state index is 12.2. The van der Waals surface area contributed by atoms with Gasteiger partial charge in [0.05, 0.1) is 12.5 Å². The molecule has 1 unspecified atom stereocenters. The van der Waals surface area contributed by atoms with Gasteiger partial charge in [0.2, 0.25) is 0 Å². The molecule has 0 saturated carbocycles. The number of amides is 1. The van der Waals surface area contributed by atoms with Crippen LogP contribution >= 0.6 is 0 Å². The van der Waals surface area contributed by atoms with Crippen LogP contribution < -0.4 is 5.32 Å². The molecule has 8 nitrogen and oxygen atoms in total. The minimum absolute atomic E-state index is 0.151. The lowest BCUT2D eigenvalue weighted by atomic mass is 9.97. The van der Waals surface area contributed by atoms with Crippen LogP contribution in [0.1, 0.15) is 33.6 Å². The van der Waals surface area contributed by atoms with E-state index in [1.54, 1.807) is 25.7 Å². The zero-order valence-corrected chi connectivity index (χ0v) is 14.8. The molecule has 0 aliphatic carbocycles. The van der Waals surface area contributed by atoms with Gasteiger partial charge in [-0.15, -0.1) is 0 Å². The molecular weight excluding hydrogens is 326 g/mol. The maximum Gasteiger partial charge on any atom is 0.326 e. The van der Waals surface area contributed by atoms with E-state index >= 15 is 0 Å². The molecule has 1 fully saturated rings. The van der Waals surface area contributed by atoms with Crippen LogP contribution in [-0.4, -0.2) is 53.6 Å². The molecule has 1 amide bonds. The minimum atomic E-state index is -1.14. The van der Waals surface area contributed by atoms with Crippen molar-refractivity contribution in [2.75, 3.05) is 19.7 Å². The lowest BCUT2D eigenvalue weighted by Gasteiger charge is -2.30. The number of piperidine rings is 1. The fraction of sp³-hybridized carbons (Fsp3) is 0.647. The van der Waals surface area contributed by atoms with Gasteiger partial charge in [0.1, 0.15) is 17.7 Å². The third-order valence-corrected chi connectivity index (χ3v) is 4.05. The topological polar surface area (TPSA) is 120 Å². The highest BCUT2D eigenvalue weighted by Crippen LogP contribution is 2.19. The second-order valence-corrected chi connectivity index (χ2v) is 6.25. The number of carbonyl (C=O) groups is 3. The van der Waals surface area contributed by atoms with Crippen LogP contribution in [0.3, 0.4) is 0 Å². The smallest absolute Gasteiger partial charge is 0.326 e. The van der Waals surface area contributed by atoms with Gasteiger partial charge in [0.25, 0.3) is 5.91 Å². The molecule has 138 valence electrons. The van der Waals surface area contributed by atoms with Gasteiger partial charge in [0.15, 0.2) is 0 Å². The van der Waals surface area contributed by atoms with Gasteiger partial charge in [0, 0.05) is 19.3 Å². The van der Waals surface area contributed by atoms with Crippen molar-refractivity contribution >= 4 is 17.8 Å². The molecule has 0 aromatic heterocycles. The SMILES string of the molecule is CCOC(=O)C1CCN(/C=C(/C#N)C(=O)NC(C(=O)O)C(C)C)CC1. The number of ether oxygens (including phenoxy) is 1. The maximum absolute atomic E-state index is 12.2. The number of esters is 1. The Balaban J connectivity index is 2.68. The summed E-state index contributed by atoms with van der Waals surface area (Å²) in [6.45, 7) is 6.50. The minimum Gasteiger partial charge on any atom is -0.480 e. The van der Waals surface area contributed by atoms with E-state index in [4.69, 9.17) is 9.84 Å². The Hall–Kier alpha value is -2.56. The normalized spacial score (nSPS) is 16.9. The van der Waals surface area contributed by atoms with Crippen molar-refractivity contribution in [3.05, 3.63) is 11.8 Å². The van der Waals surface area contributed by atoms with Crippen molar-refractivity contribution in [2.24, 2.45) is 11.8 Å². The average molecular weight is 351 g/mol. The molecule has 2 N–H and O–H groups in total. The number of carboxylic acids is 1. The largest absolute Gasteiger partial charge is 0.480 e. The molecule has 1 aliphatic rings. The Morgan fingerprint density at radius 2 is 1.96 bits per heavy atom. The van der Waals surface area contributed by atoms with Crippen molar-refractivity contribution in [3.8, 4) is 6.07 Å². The number of rotatable bonds is 7. The Bertz CT molecular complexity index is 571. The molecule has 0 spiro atoms. The molecule has 1 aliphatic heterocycles. The van der Waals surface area contributed by atoms with E-state index < -0.39 is 17.9 Å². The number of nitrogens with zero attached hydrogens (tertiary/aromatic N) is 2. The van der Waals surface area contributed by atoms with Crippen molar-refractivity contribution < 1.29 is 24.2 Å². The van der Waals surface area contributed by atoms with Gasteiger partial charge in [-0.1, -0.05) is 13.8 Å². The van der Waals surface area contributed by atoms with Crippen molar-refractivity contribution in [3.63, 3.8) is 0 Å². The molecule has 1 rings (SSSR count). The van der Waals surface area contributed by atoms with E-state index in [1.165, 1.54) is 6.20 Å². The molecular formula is C17H25N3O5. The molecule has 8 heteroatoms. The average Bonchev–Trinajstić information content (AvgIpc) is 2.57. The van der Waals surface area contributed by atoms with Crippen molar-refractivity contribution in [1.82, 2.24) is 10.2 Å². The van der Waals surface area contributed by atoms with E-state index in [2.05, 4.69) is 5.32 Å². The van der Waals surface area contributed by atoms with Gasteiger partial charge in [-0.25, -0.2) is 4.79 Å². The zero-order valence-electron chi connectivity index (χ0n) is 14.8. The Labute approximate surface area is 147 Å². The quantitative estimate of drug-likeness (QED) is 0.397. The van der Waals surface area contributed by atoms with Gasteiger partial charge >= 0.3 is 11.9 Å². The van der Waals surface area contributed by atoms with Crippen LogP contribution in [0.25, 0.3) is 0 Å². The lowest BCUT2D eigenvalue weighted by molar-refractivity contribution is -0.149. The van der Waals surface area contributed by atoms with Crippen LogP contribution in [0.4, 0.5) is 0 Å². The first-order valence-corrected chi connectivity index (χ1v) is 8.36. The molecule has 0 aromatic carbocycles. The summed E-state index contributed by atoms with van der Waals surface area (Å²) < 4.78 is 5.00. The van der Waals surface area contributed by atoms with E-state index in [-0.39, 0.29) is 23.4 Å². The Kier molecular flexibility index (Phi) is 7.92. The van der Waals surface area contributed by atoms with Gasteiger partial charge in [-0.3, -0.25) is 9.59 Å². The highest BCUT2D eigenvalue weighted by molar-refractivity contribution is 5.99. The third kappa shape index (κ3) is 6.10. The second-order valence-electron chi connectivity index (χ2n) is 6.25. The summed E-state index contributed by atoms with van der Waals surface area (Å²) in [6, 6.07) is 0.753. The van der Waals surface area contributed by atoms with Crippen molar-refractivity contribution in [2.45, 2.75) is 39.7 Å². The number of carbonyl (C=O) groups excluding carboxylic acids is 2. The summed E-state index contributed by atoms with van der Waals surface area (Å²) in [4.78, 5) is 36.8. The Morgan fingerprint density at radius 3 is 2.40 bits per heavy atom. The summed E-state index contributed by atoms with van der Waals surface area (Å²) in [6.07, 6.45) is 2.59. The predicted octanol–water partition coefficient (Wildman–Crippen LogP) is 0.894. The van der Waals surface area contributed by atoms with E-state index in [9.17, 15) is 19.6 Å². The Morgan fingerprint density at radius 1 is 1.36 bits per heavy atom. The number of nitrogens with one attached hydrogen (secondary N) is 1. The zero-order chi connectivity index (χ0) is 19.0. The fourth-order valence-corrected chi connectivity index (χ4v) is 2.58. The monoisotopic (exact) mass is 351 g/mol.